The summed E-state index contributed by atoms with van der Waals surface area (Å²) in [5.41, 5.74) is 0. The summed E-state index contributed by atoms with van der Waals surface area (Å²) in [4.78, 5) is 8.56. The molecule has 2 N–H and O–H groups in total. The average Bonchev–Trinajstić information content (AvgIpc) is 0.811. The van der Waals surface area contributed by atoms with Crippen LogP contribution in [0.5, 0.6) is 0 Å². The zero-order chi connectivity index (χ0) is 3.58. The number of rotatable bonds is 0. The molecule has 0 amide bonds. The van der Waals surface area contributed by atoms with Crippen molar-refractivity contribution in [3.63, 3.8) is 0 Å². The molecule has 0 aliphatic rings. The van der Waals surface area contributed by atoms with E-state index in [1.165, 1.54) is 0 Å². The summed E-state index contributed by atoms with van der Waals surface area (Å²) in [6, 6.07) is 0. The Bertz CT molecular complexity index is 42.3. The van der Waals surface area contributed by atoms with Crippen LogP contribution in [-0.2, 0) is 17.1 Å². The summed E-state index contributed by atoms with van der Waals surface area (Å²) in [6.07, 6.45) is -1.83. The topological polar surface area (TPSA) is 57.5 Å². The van der Waals surface area contributed by atoms with E-state index >= 15 is 0 Å². The van der Waals surface area contributed by atoms with Crippen LogP contribution in [0.2, 0.25) is 0 Å². The molecule has 0 saturated carbocycles. The van der Waals surface area contributed by atoms with Crippen molar-refractivity contribution in [3.8, 4) is 0 Å². The van der Waals surface area contributed by atoms with Crippen LogP contribution >= 0.6 is 24.0 Å². The van der Waals surface area contributed by atoms with Gasteiger partial charge in [-0.2, -0.15) is 0 Å². The molecule has 0 atom stereocenters. The van der Waals surface area contributed by atoms with Gasteiger partial charge in [-0.15, -0.1) is 24.0 Å². The molecule has 0 unspecified atom stereocenters. The van der Waals surface area contributed by atoms with Gasteiger partial charge in [-0.1, -0.05) is 0 Å². The Morgan fingerprint density at radius 2 is 1.43 bits per heavy atom. The molecule has 0 aliphatic carbocycles. The molecule has 0 heterocycles. The maximum absolute atomic E-state index is 8.56. The minimum Gasteiger partial charge on any atom is -1.00 e. The molecule has 45 valence electrons. The van der Waals surface area contributed by atoms with Gasteiger partial charge < -0.3 is 11.6 Å². The summed E-state index contributed by atoms with van der Waals surface area (Å²) in [5, 5.41) is 13.9. The molecular weight excluding hydrogens is 290 g/mol. The van der Waals surface area contributed by atoms with Gasteiger partial charge in [0, 0.05) is 17.1 Å². The predicted molar refractivity (Wildman–Crippen MR) is 27.2 cm³/mol. The standard InChI is InChI=1S/CH2O3.Cu.HI.K.H/c2-1(3)4;;;;/h(H2,2,3,4);;1H;;/q;;;+1;-1. The monoisotopic (exact) mass is 293 g/mol. The number of carbonyl (C=O) groups is 1. The van der Waals surface area contributed by atoms with Gasteiger partial charge in [0.15, 0.2) is 0 Å². The molecule has 0 aromatic rings. The second-order valence-electron chi connectivity index (χ2n) is 0.283. The second-order valence-corrected chi connectivity index (χ2v) is 0.283. The fourth-order valence-corrected chi connectivity index (χ4v) is 0. The first-order valence-corrected chi connectivity index (χ1v) is 0.651. The van der Waals surface area contributed by atoms with Crippen LogP contribution in [0.3, 0.4) is 0 Å². The quantitative estimate of drug-likeness (QED) is 0.399. The maximum Gasteiger partial charge on any atom is 1.00 e. The third kappa shape index (κ3) is 66.5. The van der Waals surface area contributed by atoms with Crippen LogP contribution < -0.4 is 51.4 Å². The van der Waals surface area contributed by atoms with E-state index in [0.29, 0.717) is 0 Å². The Kier molecular flexibility index (Phi) is 51.4. The van der Waals surface area contributed by atoms with Crippen LogP contribution in [0, 0.1) is 0 Å². The van der Waals surface area contributed by atoms with E-state index in [1.807, 2.05) is 0 Å². The van der Waals surface area contributed by atoms with Crippen LogP contribution in [0.4, 0.5) is 4.79 Å². The fourth-order valence-electron chi connectivity index (χ4n) is 0. The smallest absolute Gasteiger partial charge is 1.00 e. The van der Waals surface area contributed by atoms with Crippen molar-refractivity contribution < 1.29 is 84.9 Å². The Morgan fingerprint density at radius 3 is 1.43 bits per heavy atom. The average molecular weight is 294 g/mol. The summed E-state index contributed by atoms with van der Waals surface area (Å²) in [6.45, 7) is 0. The van der Waals surface area contributed by atoms with Crippen molar-refractivity contribution in [2.75, 3.05) is 0 Å². The van der Waals surface area contributed by atoms with E-state index < -0.39 is 6.16 Å². The van der Waals surface area contributed by atoms with Crippen LogP contribution in [-0.4, -0.2) is 16.4 Å². The van der Waals surface area contributed by atoms with Crippen molar-refractivity contribution in [1.82, 2.24) is 0 Å². The third-order valence-electron chi connectivity index (χ3n) is 0. The Balaban J connectivity index is -0.00000000750. The van der Waals surface area contributed by atoms with Gasteiger partial charge in [-0.05, 0) is 0 Å². The Morgan fingerprint density at radius 1 is 1.43 bits per heavy atom. The van der Waals surface area contributed by atoms with Gasteiger partial charge >= 0.3 is 57.5 Å². The van der Waals surface area contributed by atoms with Crippen molar-refractivity contribution in [2.45, 2.75) is 0 Å². The molecule has 7 heavy (non-hydrogen) atoms. The van der Waals surface area contributed by atoms with E-state index in [-0.39, 0.29) is 93.9 Å². The molecule has 0 fully saturated rings. The zero-order valence-electron chi connectivity index (χ0n) is 4.51. The molecule has 0 aliphatic heterocycles. The second kappa shape index (κ2) is 15.7. The van der Waals surface area contributed by atoms with Crippen LogP contribution in [0.15, 0.2) is 0 Å². The molecule has 0 aromatic carbocycles. The number of halogens is 1. The molecule has 0 aromatic heterocycles. The maximum atomic E-state index is 8.56. The third-order valence-corrected chi connectivity index (χ3v) is 0. The van der Waals surface area contributed by atoms with E-state index in [9.17, 15) is 0 Å². The molecule has 0 spiro atoms. The van der Waals surface area contributed by atoms with Crippen molar-refractivity contribution in [2.24, 2.45) is 0 Å². The van der Waals surface area contributed by atoms with E-state index in [1.54, 1.807) is 0 Å². The van der Waals surface area contributed by atoms with Gasteiger partial charge in [0.2, 0.25) is 0 Å². The number of carboxylic acid groups (broad SMARTS) is 2. The minimum atomic E-state index is -1.83. The summed E-state index contributed by atoms with van der Waals surface area (Å²) >= 11 is 0. The first kappa shape index (κ1) is 22.9. The van der Waals surface area contributed by atoms with Crippen LogP contribution in [0.25, 0.3) is 0 Å². The Hall–Kier alpha value is 2.16. The van der Waals surface area contributed by atoms with E-state index in [4.69, 9.17) is 15.0 Å². The molecule has 0 saturated heterocycles. The van der Waals surface area contributed by atoms with E-state index in [2.05, 4.69) is 0 Å². The molecule has 0 bridgehead atoms. The molecule has 6 heteroatoms. The van der Waals surface area contributed by atoms with Gasteiger partial charge in [-0.3, -0.25) is 0 Å². The van der Waals surface area contributed by atoms with Gasteiger partial charge in [-0.25, -0.2) is 4.79 Å². The summed E-state index contributed by atoms with van der Waals surface area (Å²) in [7, 11) is 0. The SMILES string of the molecule is I.O=C(O)O.[Cu].[H-].[K+]. The molecular formula is CH4CuIKO3. The van der Waals surface area contributed by atoms with E-state index in [0.717, 1.165) is 0 Å². The fraction of sp³-hybridized carbons (Fsp3) is 0. The van der Waals surface area contributed by atoms with Gasteiger partial charge in [0.1, 0.15) is 0 Å². The Labute approximate surface area is 113 Å². The molecule has 0 rings (SSSR count). The molecule has 1 radical (unpaired) electrons. The van der Waals surface area contributed by atoms with Gasteiger partial charge in [0.25, 0.3) is 0 Å². The number of hydrogen-bond donors (Lipinski definition) is 2. The predicted octanol–water partition coefficient (Wildman–Crippen LogP) is -2.05. The van der Waals surface area contributed by atoms with Crippen molar-refractivity contribution in [3.05, 3.63) is 0 Å². The zero-order valence-corrected chi connectivity index (χ0v) is 9.91. The minimum absolute atomic E-state index is 0. The summed E-state index contributed by atoms with van der Waals surface area (Å²) < 4.78 is 0. The summed E-state index contributed by atoms with van der Waals surface area (Å²) in [5.74, 6) is 0. The van der Waals surface area contributed by atoms with Gasteiger partial charge in [0.05, 0.1) is 0 Å². The first-order valence-electron chi connectivity index (χ1n) is 0.651. The first-order chi connectivity index (χ1) is 1.73. The largest absolute Gasteiger partial charge is 1.00 e. The van der Waals surface area contributed by atoms with Crippen molar-refractivity contribution >= 4 is 30.1 Å². The molecule has 3 nitrogen and oxygen atoms in total. The van der Waals surface area contributed by atoms with Crippen LogP contribution in [0.1, 0.15) is 1.43 Å². The van der Waals surface area contributed by atoms with Crippen molar-refractivity contribution in [1.29, 1.82) is 0 Å². The number of hydrogen-bond acceptors (Lipinski definition) is 1. The normalized spacial score (nSPS) is 3.43.